The number of carbonyl (C=O) groups is 2. The summed E-state index contributed by atoms with van der Waals surface area (Å²) in [5.41, 5.74) is 0.814. The number of carbonyl (C=O) groups excluding carboxylic acids is 2. The van der Waals surface area contributed by atoms with E-state index in [1.165, 1.54) is 29.8 Å². The molecular formula is C24H25F3N2O3S. The molecule has 33 heavy (non-hydrogen) atoms. The largest absolute Gasteiger partial charge is 0.497 e. The van der Waals surface area contributed by atoms with Crippen molar-refractivity contribution in [3.05, 3.63) is 59.2 Å². The molecule has 176 valence electrons. The Bertz CT molecular complexity index is 1090. The van der Waals surface area contributed by atoms with Gasteiger partial charge < -0.3 is 14.5 Å². The zero-order valence-electron chi connectivity index (χ0n) is 18.6. The SMILES string of the molecule is COc1ccc2c(c1)[C@@]1(SCCN1C(=O)CC(C)C)C(=O)N2Cc1cccc(C(F)(F)F)c1. The number of rotatable bonds is 5. The van der Waals surface area contributed by atoms with Gasteiger partial charge in [0.2, 0.25) is 5.91 Å². The van der Waals surface area contributed by atoms with E-state index in [0.717, 1.165) is 12.1 Å². The number of ether oxygens (including phenoxy) is 1. The molecule has 2 amide bonds. The van der Waals surface area contributed by atoms with E-state index in [4.69, 9.17) is 4.74 Å². The van der Waals surface area contributed by atoms with Gasteiger partial charge in [-0.25, -0.2) is 0 Å². The highest BCUT2D eigenvalue weighted by atomic mass is 32.2. The van der Waals surface area contributed by atoms with Gasteiger partial charge in [-0.05, 0) is 41.8 Å². The fourth-order valence-electron chi connectivity index (χ4n) is 4.42. The van der Waals surface area contributed by atoms with Crippen LogP contribution in [-0.4, -0.2) is 36.1 Å². The van der Waals surface area contributed by atoms with E-state index in [2.05, 4.69) is 0 Å². The normalized spacial score (nSPS) is 20.2. The van der Waals surface area contributed by atoms with Gasteiger partial charge in [0.25, 0.3) is 5.91 Å². The quantitative estimate of drug-likeness (QED) is 0.605. The van der Waals surface area contributed by atoms with E-state index in [1.54, 1.807) is 29.2 Å². The fourth-order valence-corrected chi connectivity index (χ4v) is 5.89. The van der Waals surface area contributed by atoms with Crippen molar-refractivity contribution in [3.63, 3.8) is 0 Å². The number of alkyl halides is 3. The molecule has 0 aliphatic carbocycles. The van der Waals surface area contributed by atoms with Gasteiger partial charge in [0.05, 0.1) is 24.9 Å². The summed E-state index contributed by atoms with van der Waals surface area (Å²) >= 11 is 1.39. The third-order valence-electron chi connectivity index (χ3n) is 5.88. The minimum absolute atomic E-state index is 0.0311. The molecule has 0 radical (unpaired) electrons. The molecule has 0 saturated carbocycles. The summed E-state index contributed by atoms with van der Waals surface area (Å²) in [6.45, 7) is 4.29. The molecule has 0 unspecified atom stereocenters. The third-order valence-corrected chi connectivity index (χ3v) is 7.30. The number of methoxy groups -OCH3 is 1. The minimum atomic E-state index is -4.47. The second-order valence-corrected chi connectivity index (χ2v) is 9.90. The van der Waals surface area contributed by atoms with Crippen LogP contribution in [0, 0.1) is 5.92 Å². The van der Waals surface area contributed by atoms with E-state index in [9.17, 15) is 22.8 Å². The van der Waals surface area contributed by atoms with Gasteiger partial charge in [0, 0.05) is 24.3 Å². The number of thioether (sulfide) groups is 1. The van der Waals surface area contributed by atoms with Crippen molar-refractivity contribution < 1.29 is 27.5 Å². The van der Waals surface area contributed by atoms with Crippen LogP contribution in [0.25, 0.3) is 0 Å². The number of amides is 2. The summed E-state index contributed by atoms with van der Waals surface area (Å²) in [6.07, 6.45) is -4.17. The van der Waals surface area contributed by atoms with E-state index in [0.29, 0.717) is 41.3 Å². The highest BCUT2D eigenvalue weighted by Crippen LogP contribution is 2.55. The Morgan fingerprint density at radius 3 is 2.64 bits per heavy atom. The van der Waals surface area contributed by atoms with Gasteiger partial charge >= 0.3 is 6.18 Å². The van der Waals surface area contributed by atoms with E-state index in [1.807, 2.05) is 13.8 Å². The first-order valence-corrected chi connectivity index (χ1v) is 11.7. The van der Waals surface area contributed by atoms with Crippen LogP contribution in [0.2, 0.25) is 0 Å². The number of nitrogens with zero attached hydrogens (tertiary/aromatic N) is 2. The van der Waals surface area contributed by atoms with Crippen LogP contribution in [0.4, 0.5) is 18.9 Å². The van der Waals surface area contributed by atoms with Crippen LogP contribution in [0.5, 0.6) is 5.75 Å². The maximum atomic E-state index is 13.9. The third kappa shape index (κ3) is 4.07. The molecule has 9 heteroatoms. The van der Waals surface area contributed by atoms with Crippen LogP contribution >= 0.6 is 11.8 Å². The molecule has 0 N–H and O–H groups in total. The average Bonchev–Trinajstić information content (AvgIpc) is 3.30. The summed E-state index contributed by atoms with van der Waals surface area (Å²) in [7, 11) is 1.52. The van der Waals surface area contributed by atoms with Crippen molar-refractivity contribution in [1.82, 2.24) is 4.90 Å². The Balaban J connectivity index is 1.78. The van der Waals surface area contributed by atoms with Crippen LogP contribution in [0.15, 0.2) is 42.5 Å². The molecule has 1 fully saturated rings. The number of halogens is 3. The number of hydrogen-bond donors (Lipinski definition) is 0. The van der Waals surface area contributed by atoms with Gasteiger partial charge in [0.15, 0.2) is 4.87 Å². The first-order valence-electron chi connectivity index (χ1n) is 10.7. The van der Waals surface area contributed by atoms with E-state index >= 15 is 0 Å². The lowest BCUT2D eigenvalue weighted by Crippen LogP contribution is -2.50. The molecular weight excluding hydrogens is 453 g/mol. The second-order valence-electron chi connectivity index (χ2n) is 8.61. The Hall–Kier alpha value is -2.68. The topological polar surface area (TPSA) is 49.9 Å². The van der Waals surface area contributed by atoms with Gasteiger partial charge in [-0.2, -0.15) is 13.2 Å². The van der Waals surface area contributed by atoms with E-state index < -0.39 is 16.6 Å². The molecule has 2 aromatic carbocycles. The maximum absolute atomic E-state index is 13.9. The molecule has 2 aliphatic rings. The van der Waals surface area contributed by atoms with Crippen molar-refractivity contribution in [2.45, 2.75) is 37.9 Å². The van der Waals surface area contributed by atoms with Crippen molar-refractivity contribution >= 4 is 29.3 Å². The fraction of sp³-hybridized carbons (Fsp3) is 0.417. The van der Waals surface area contributed by atoms with Crippen LogP contribution in [-0.2, 0) is 27.2 Å². The lowest BCUT2D eigenvalue weighted by atomic mass is 10.0. The molecule has 1 atom stereocenters. The first kappa shape index (κ1) is 23.5. The highest BCUT2D eigenvalue weighted by Gasteiger charge is 2.59. The Kier molecular flexibility index (Phi) is 6.11. The molecule has 0 bridgehead atoms. The predicted molar refractivity (Wildman–Crippen MR) is 121 cm³/mol. The van der Waals surface area contributed by atoms with Crippen molar-refractivity contribution in [3.8, 4) is 5.75 Å². The zero-order chi connectivity index (χ0) is 24.0. The molecule has 5 nitrogen and oxygen atoms in total. The molecule has 2 aromatic rings. The monoisotopic (exact) mass is 478 g/mol. The summed E-state index contributed by atoms with van der Waals surface area (Å²) in [6, 6.07) is 10.2. The van der Waals surface area contributed by atoms with Crippen molar-refractivity contribution in [1.29, 1.82) is 0 Å². The molecule has 4 rings (SSSR count). The number of fused-ring (bicyclic) bond motifs is 2. The van der Waals surface area contributed by atoms with Gasteiger partial charge in [-0.1, -0.05) is 26.0 Å². The molecule has 1 saturated heterocycles. The van der Waals surface area contributed by atoms with Gasteiger partial charge in [-0.15, -0.1) is 11.8 Å². The summed E-state index contributed by atoms with van der Waals surface area (Å²) in [4.78, 5) is 28.9. The molecule has 1 spiro atoms. The Morgan fingerprint density at radius 2 is 1.97 bits per heavy atom. The molecule has 2 aliphatic heterocycles. The number of anilines is 1. The first-order chi connectivity index (χ1) is 15.6. The lowest BCUT2D eigenvalue weighted by Gasteiger charge is -2.33. The highest BCUT2D eigenvalue weighted by molar-refractivity contribution is 8.01. The van der Waals surface area contributed by atoms with Crippen molar-refractivity contribution in [2.75, 3.05) is 24.3 Å². The summed E-state index contributed by atoms with van der Waals surface area (Å²) in [5.74, 6) is 0.831. The van der Waals surface area contributed by atoms with Gasteiger partial charge in [0.1, 0.15) is 5.75 Å². The summed E-state index contributed by atoms with van der Waals surface area (Å²) in [5, 5.41) is 0. The van der Waals surface area contributed by atoms with Crippen LogP contribution in [0.3, 0.4) is 0 Å². The predicted octanol–water partition coefficient (Wildman–Crippen LogP) is 5.04. The maximum Gasteiger partial charge on any atom is 0.416 e. The average molecular weight is 479 g/mol. The Morgan fingerprint density at radius 1 is 1.21 bits per heavy atom. The zero-order valence-corrected chi connectivity index (χ0v) is 19.4. The smallest absolute Gasteiger partial charge is 0.416 e. The summed E-state index contributed by atoms with van der Waals surface area (Å²) < 4.78 is 45.0. The standard InChI is InChI=1S/C24H25F3N2O3S/c1-15(2)11-21(30)29-9-10-33-23(29)19-13-18(32-3)7-8-20(19)28(22(23)31)14-16-5-4-6-17(12-16)24(25,26)27/h4-8,12-13,15H,9-11,14H2,1-3H3/t23-/m1/s1. The molecule has 0 aromatic heterocycles. The van der Waals surface area contributed by atoms with Gasteiger partial charge in [-0.3, -0.25) is 9.59 Å². The molecule has 2 heterocycles. The van der Waals surface area contributed by atoms with Crippen LogP contribution in [0.1, 0.15) is 37.0 Å². The second kappa shape index (κ2) is 8.59. The number of benzene rings is 2. The lowest BCUT2D eigenvalue weighted by molar-refractivity contribution is -0.140. The van der Waals surface area contributed by atoms with Crippen LogP contribution < -0.4 is 9.64 Å². The van der Waals surface area contributed by atoms with Crippen molar-refractivity contribution in [2.24, 2.45) is 5.92 Å². The van der Waals surface area contributed by atoms with E-state index in [-0.39, 0.29) is 24.3 Å². The Labute approximate surface area is 194 Å². The minimum Gasteiger partial charge on any atom is -0.497 e. The number of hydrogen-bond acceptors (Lipinski definition) is 4.